The monoisotopic (exact) mass is 359 g/mol. The van der Waals surface area contributed by atoms with Gasteiger partial charge in [-0.25, -0.2) is 0 Å². The summed E-state index contributed by atoms with van der Waals surface area (Å²) < 4.78 is 10.5. The largest absolute Gasteiger partial charge is 0.484 e. The van der Waals surface area contributed by atoms with E-state index in [2.05, 4.69) is 10.6 Å². The average Bonchev–Trinajstić information content (AvgIpc) is 3.20. The Morgan fingerprint density at radius 2 is 1.96 bits per heavy atom. The first kappa shape index (κ1) is 19.5. The van der Waals surface area contributed by atoms with E-state index >= 15 is 0 Å². The van der Waals surface area contributed by atoms with Crippen LogP contribution >= 0.6 is 0 Å². The Morgan fingerprint density at radius 3 is 2.62 bits per heavy atom. The summed E-state index contributed by atoms with van der Waals surface area (Å²) in [6, 6.07) is 10.0. The van der Waals surface area contributed by atoms with Crippen molar-refractivity contribution >= 4 is 17.5 Å². The lowest BCUT2D eigenvalue weighted by Crippen LogP contribution is -2.50. The van der Waals surface area contributed by atoms with Gasteiger partial charge in [-0.1, -0.05) is 19.9 Å². The summed E-state index contributed by atoms with van der Waals surface area (Å²) in [5.41, 5.74) is 6.30. The van der Waals surface area contributed by atoms with Crippen LogP contribution in [0.1, 0.15) is 37.2 Å². The van der Waals surface area contributed by atoms with Gasteiger partial charge >= 0.3 is 0 Å². The van der Waals surface area contributed by atoms with Crippen LogP contribution in [0.15, 0.2) is 47.1 Å². The number of carbonyl (C=O) groups is 2. The molecule has 0 atom stereocenters. The molecule has 4 N–H and O–H groups in total. The molecule has 1 aromatic carbocycles. The number of anilines is 1. The summed E-state index contributed by atoms with van der Waals surface area (Å²) in [4.78, 5) is 23.9. The predicted molar refractivity (Wildman–Crippen MR) is 99.1 cm³/mol. The highest BCUT2D eigenvalue weighted by Crippen LogP contribution is 2.18. The standard InChI is InChI=1S/C19H25N3O4/c1-3-19(20,4-2)13-21-17(23)12-26-15-8-5-7-14(11-15)22-18(24)16-9-6-10-25-16/h5-11H,3-4,12-13,20H2,1-2H3,(H,21,23)(H,22,24). The van der Waals surface area contributed by atoms with Crippen LogP contribution in [0.3, 0.4) is 0 Å². The van der Waals surface area contributed by atoms with Crippen LogP contribution in [0.2, 0.25) is 0 Å². The van der Waals surface area contributed by atoms with Crippen LogP contribution in [-0.2, 0) is 4.79 Å². The Morgan fingerprint density at radius 1 is 1.19 bits per heavy atom. The van der Waals surface area contributed by atoms with Crippen molar-refractivity contribution in [2.75, 3.05) is 18.5 Å². The number of carbonyl (C=O) groups excluding carboxylic acids is 2. The number of benzene rings is 1. The molecule has 0 aliphatic rings. The Labute approximate surface area is 152 Å². The lowest BCUT2D eigenvalue weighted by atomic mass is 9.94. The third-order valence-corrected chi connectivity index (χ3v) is 4.25. The minimum absolute atomic E-state index is 0.126. The first-order chi connectivity index (χ1) is 12.5. The van der Waals surface area contributed by atoms with Gasteiger partial charge in [0.1, 0.15) is 5.75 Å². The lowest BCUT2D eigenvalue weighted by Gasteiger charge is -2.26. The highest BCUT2D eigenvalue weighted by Gasteiger charge is 2.20. The molecule has 2 amide bonds. The third-order valence-electron chi connectivity index (χ3n) is 4.25. The summed E-state index contributed by atoms with van der Waals surface area (Å²) >= 11 is 0. The molecule has 0 fully saturated rings. The number of hydrogen-bond acceptors (Lipinski definition) is 5. The number of nitrogens with two attached hydrogens (primary N) is 1. The molecule has 0 unspecified atom stereocenters. The second kappa shape index (κ2) is 9.05. The normalized spacial score (nSPS) is 11.0. The molecule has 140 valence electrons. The van der Waals surface area contributed by atoms with Crippen molar-refractivity contribution in [3.8, 4) is 5.75 Å². The maximum Gasteiger partial charge on any atom is 0.291 e. The maximum absolute atomic E-state index is 12.0. The van der Waals surface area contributed by atoms with Gasteiger partial charge in [-0.05, 0) is 37.1 Å². The van der Waals surface area contributed by atoms with Crippen LogP contribution in [-0.4, -0.2) is 30.5 Å². The van der Waals surface area contributed by atoms with E-state index in [1.54, 1.807) is 36.4 Å². The molecule has 7 nitrogen and oxygen atoms in total. The van der Waals surface area contributed by atoms with E-state index in [1.807, 2.05) is 13.8 Å². The van der Waals surface area contributed by atoms with E-state index in [0.717, 1.165) is 12.8 Å². The van der Waals surface area contributed by atoms with Gasteiger partial charge in [-0.2, -0.15) is 0 Å². The number of hydrogen-bond donors (Lipinski definition) is 3. The van der Waals surface area contributed by atoms with E-state index in [1.165, 1.54) is 6.26 Å². The van der Waals surface area contributed by atoms with Crippen LogP contribution < -0.4 is 21.1 Å². The van der Waals surface area contributed by atoms with Gasteiger partial charge in [0.2, 0.25) is 0 Å². The molecule has 2 aromatic rings. The molecule has 0 radical (unpaired) electrons. The lowest BCUT2D eigenvalue weighted by molar-refractivity contribution is -0.123. The molecular formula is C19H25N3O4. The van der Waals surface area contributed by atoms with Gasteiger partial charge < -0.3 is 25.5 Å². The van der Waals surface area contributed by atoms with Crippen molar-refractivity contribution in [2.24, 2.45) is 5.73 Å². The molecule has 1 heterocycles. The van der Waals surface area contributed by atoms with Gasteiger partial charge in [0.05, 0.1) is 6.26 Å². The van der Waals surface area contributed by atoms with E-state index in [9.17, 15) is 9.59 Å². The molecule has 7 heteroatoms. The van der Waals surface area contributed by atoms with E-state index in [-0.39, 0.29) is 24.2 Å². The molecule has 0 saturated heterocycles. The van der Waals surface area contributed by atoms with Crippen LogP contribution in [0, 0.1) is 0 Å². The van der Waals surface area contributed by atoms with Gasteiger partial charge in [0, 0.05) is 23.8 Å². The second-order valence-corrected chi connectivity index (χ2v) is 6.09. The van der Waals surface area contributed by atoms with Gasteiger partial charge in [-0.3, -0.25) is 9.59 Å². The van der Waals surface area contributed by atoms with Crippen molar-refractivity contribution in [2.45, 2.75) is 32.2 Å². The quantitative estimate of drug-likeness (QED) is 0.638. The summed E-state index contributed by atoms with van der Waals surface area (Å²) in [6.07, 6.45) is 2.99. The molecule has 0 spiro atoms. The molecule has 26 heavy (non-hydrogen) atoms. The second-order valence-electron chi connectivity index (χ2n) is 6.09. The van der Waals surface area contributed by atoms with Crippen molar-refractivity contribution in [1.82, 2.24) is 5.32 Å². The zero-order valence-corrected chi connectivity index (χ0v) is 15.1. The molecule has 0 aliphatic carbocycles. The Hall–Kier alpha value is -2.80. The van der Waals surface area contributed by atoms with Crippen molar-refractivity contribution in [1.29, 1.82) is 0 Å². The van der Waals surface area contributed by atoms with Gasteiger partial charge in [0.25, 0.3) is 11.8 Å². The van der Waals surface area contributed by atoms with Crippen LogP contribution in [0.25, 0.3) is 0 Å². The number of furan rings is 1. The van der Waals surface area contributed by atoms with Gasteiger partial charge in [0.15, 0.2) is 12.4 Å². The fraction of sp³-hybridized carbons (Fsp3) is 0.368. The van der Waals surface area contributed by atoms with Crippen molar-refractivity contribution < 1.29 is 18.7 Å². The van der Waals surface area contributed by atoms with E-state index < -0.39 is 5.54 Å². The fourth-order valence-electron chi connectivity index (χ4n) is 2.24. The fourth-order valence-corrected chi connectivity index (χ4v) is 2.24. The minimum Gasteiger partial charge on any atom is -0.484 e. The highest BCUT2D eigenvalue weighted by molar-refractivity contribution is 6.02. The summed E-state index contributed by atoms with van der Waals surface area (Å²) in [5, 5.41) is 5.49. The molecule has 0 bridgehead atoms. The molecule has 0 saturated carbocycles. The highest BCUT2D eigenvalue weighted by atomic mass is 16.5. The average molecular weight is 359 g/mol. The topological polar surface area (TPSA) is 107 Å². The third kappa shape index (κ3) is 5.63. The van der Waals surface area contributed by atoms with E-state index in [4.69, 9.17) is 14.9 Å². The van der Waals surface area contributed by atoms with Crippen molar-refractivity contribution in [3.05, 3.63) is 48.4 Å². The zero-order valence-electron chi connectivity index (χ0n) is 15.1. The molecule has 0 aliphatic heterocycles. The number of amides is 2. The Kier molecular flexibility index (Phi) is 6.80. The SMILES string of the molecule is CCC(N)(CC)CNC(=O)COc1cccc(NC(=O)c2ccco2)c1. The maximum atomic E-state index is 12.0. The van der Waals surface area contributed by atoms with Gasteiger partial charge in [-0.15, -0.1) is 0 Å². The predicted octanol–water partition coefficient (Wildman–Crippen LogP) is 2.54. The smallest absolute Gasteiger partial charge is 0.291 e. The first-order valence-electron chi connectivity index (χ1n) is 8.59. The van der Waals surface area contributed by atoms with Crippen LogP contribution in [0.5, 0.6) is 5.75 Å². The number of rotatable bonds is 9. The molecular weight excluding hydrogens is 334 g/mol. The summed E-state index contributed by atoms with van der Waals surface area (Å²) in [7, 11) is 0. The Balaban J connectivity index is 1.84. The minimum atomic E-state index is -0.397. The van der Waals surface area contributed by atoms with Crippen LogP contribution in [0.4, 0.5) is 5.69 Å². The molecule has 1 aromatic heterocycles. The zero-order chi connectivity index (χ0) is 19.0. The summed E-state index contributed by atoms with van der Waals surface area (Å²) in [6.45, 7) is 4.27. The molecule has 2 rings (SSSR count). The van der Waals surface area contributed by atoms with Crippen molar-refractivity contribution in [3.63, 3.8) is 0 Å². The van der Waals surface area contributed by atoms with E-state index in [0.29, 0.717) is 18.0 Å². The Bertz CT molecular complexity index is 724. The number of nitrogens with one attached hydrogen (secondary N) is 2. The number of ether oxygens (including phenoxy) is 1. The first-order valence-corrected chi connectivity index (χ1v) is 8.59. The summed E-state index contributed by atoms with van der Waals surface area (Å²) in [5.74, 6) is 0.0882.